The molecule has 0 radical (unpaired) electrons. The fourth-order valence-electron chi connectivity index (χ4n) is 2.34. The van der Waals surface area contributed by atoms with Crippen LogP contribution >= 0.6 is 0 Å². The minimum atomic E-state index is -0.703. The van der Waals surface area contributed by atoms with Crippen LogP contribution in [0.2, 0.25) is 0 Å². The lowest BCUT2D eigenvalue weighted by Gasteiger charge is -2.35. The molecule has 1 atom stereocenters. The Morgan fingerprint density at radius 1 is 1.25 bits per heavy atom. The second kappa shape index (κ2) is 3.24. The zero-order valence-corrected chi connectivity index (χ0v) is 10.1. The van der Waals surface area contributed by atoms with Gasteiger partial charge in [-0.25, -0.2) is 4.79 Å². The zero-order chi connectivity index (χ0) is 12.0. The third kappa shape index (κ3) is 1.17. The summed E-state index contributed by atoms with van der Waals surface area (Å²) in [5, 5.41) is 3.28. The molecular formula is C13H17NO2. The standard InChI is InChI=1S/C13H17NO2/c1-12(2)9-7-5-6-8-10(9)14-13(12,3)11(15)16-4/h5-8,14H,1-4H3. The number of benzene rings is 1. The molecule has 0 aliphatic carbocycles. The van der Waals surface area contributed by atoms with E-state index in [9.17, 15) is 4.79 Å². The predicted octanol–water partition coefficient (Wildman–Crippen LogP) is 2.32. The number of para-hydroxylation sites is 1. The van der Waals surface area contributed by atoms with Crippen LogP contribution in [0.5, 0.6) is 0 Å². The Morgan fingerprint density at radius 2 is 1.88 bits per heavy atom. The van der Waals surface area contributed by atoms with Gasteiger partial charge in [0.25, 0.3) is 0 Å². The first-order valence-electron chi connectivity index (χ1n) is 5.39. The molecule has 0 aromatic heterocycles. The molecule has 3 heteroatoms. The van der Waals surface area contributed by atoms with Gasteiger partial charge in [-0.1, -0.05) is 32.0 Å². The second-order valence-electron chi connectivity index (χ2n) is 4.91. The van der Waals surface area contributed by atoms with Gasteiger partial charge in [0.1, 0.15) is 5.54 Å². The zero-order valence-electron chi connectivity index (χ0n) is 10.1. The summed E-state index contributed by atoms with van der Waals surface area (Å²) in [6.07, 6.45) is 0. The van der Waals surface area contributed by atoms with Crippen LogP contribution in [0.3, 0.4) is 0 Å². The van der Waals surface area contributed by atoms with Crippen molar-refractivity contribution in [2.45, 2.75) is 31.7 Å². The average Bonchev–Trinajstić information content (AvgIpc) is 2.47. The quantitative estimate of drug-likeness (QED) is 0.737. The van der Waals surface area contributed by atoms with E-state index < -0.39 is 5.54 Å². The summed E-state index contributed by atoms with van der Waals surface area (Å²) in [6, 6.07) is 8.00. The molecule has 0 saturated heterocycles. The summed E-state index contributed by atoms with van der Waals surface area (Å²) in [5.74, 6) is -0.228. The summed E-state index contributed by atoms with van der Waals surface area (Å²) in [4.78, 5) is 11.9. The summed E-state index contributed by atoms with van der Waals surface area (Å²) in [6.45, 7) is 6.00. The number of carbonyl (C=O) groups excluding carboxylic acids is 1. The molecule has 16 heavy (non-hydrogen) atoms. The fraction of sp³-hybridized carbons (Fsp3) is 0.462. The van der Waals surface area contributed by atoms with Gasteiger partial charge in [0.15, 0.2) is 0 Å². The van der Waals surface area contributed by atoms with E-state index in [0.29, 0.717) is 0 Å². The van der Waals surface area contributed by atoms with Crippen LogP contribution in [-0.2, 0) is 14.9 Å². The van der Waals surface area contributed by atoms with Gasteiger partial charge in [-0.05, 0) is 18.6 Å². The first-order valence-corrected chi connectivity index (χ1v) is 5.39. The van der Waals surface area contributed by atoms with Gasteiger partial charge >= 0.3 is 5.97 Å². The van der Waals surface area contributed by atoms with Crippen molar-refractivity contribution in [1.29, 1.82) is 0 Å². The number of hydrogen-bond acceptors (Lipinski definition) is 3. The van der Waals surface area contributed by atoms with Gasteiger partial charge in [0.2, 0.25) is 0 Å². The molecule has 0 bridgehead atoms. The van der Waals surface area contributed by atoms with Gasteiger partial charge in [0, 0.05) is 11.1 Å². The maximum atomic E-state index is 11.9. The normalized spacial score (nSPS) is 25.8. The molecular weight excluding hydrogens is 202 g/mol. The molecule has 86 valence electrons. The van der Waals surface area contributed by atoms with Crippen LogP contribution in [0, 0.1) is 0 Å². The number of esters is 1. The lowest BCUT2D eigenvalue weighted by atomic mass is 9.72. The van der Waals surface area contributed by atoms with Gasteiger partial charge in [0.05, 0.1) is 7.11 Å². The van der Waals surface area contributed by atoms with Gasteiger partial charge in [-0.15, -0.1) is 0 Å². The van der Waals surface area contributed by atoms with E-state index in [1.807, 2.05) is 25.1 Å². The van der Waals surface area contributed by atoms with Crippen molar-refractivity contribution < 1.29 is 9.53 Å². The Hall–Kier alpha value is -1.51. The first kappa shape index (κ1) is 11.0. The smallest absolute Gasteiger partial charge is 0.332 e. The molecule has 2 rings (SSSR count). The van der Waals surface area contributed by atoms with Gasteiger partial charge in [-0.2, -0.15) is 0 Å². The Balaban J connectivity index is 2.55. The maximum Gasteiger partial charge on any atom is 0.332 e. The molecule has 1 aliphatic heterocycles. The van der Waals surface area contributed by atoms with Crippen LogP contribution in [0.15, 0.2) is 24.3 Å². The van der Waals surface area contributed by atoms with E-state index in [0.717, 1.165) is 11.3 Å². The van der Waals surface area contributed by atoms with E-state index in [-0.39, 0.29) is 11.4 Å². The van der Waals surface area contributed by atoms with Crippen molar-refractivity contribution >= 4 is 11.7 Å². The Kier molecular flexibility index (Phi) is 2.22. The number of ether oxygens (including phenoxy) is 1. The molecule has 1 N–H and O–H groups in total. The highest BCUT2D eigenvalue weighted by Gasteiger charge is 2.54. The topological polar surface area (TPSA) is 38.3 Å². The minimum absolute atomic E-state index is 0.228. The fourth-order valence-corrected chi connectivity index (χ4v) is 2.34. The molecule has 1 unspecified atom stereocenters. The van der Waals surface area contributed by atoms with Crippen molar-refractivity contribution in [2.75, 3.05) is 12.4 Å². The van der Waals surface area contributed by atoms with E-state index in [2.05, 4.69) is 25.2 Å². The summed E-state index contributed by atoms with van der Waals surface area (Å²) >= 11 is 0. The maximum absolute atomic E-state index is 11.9. The Labute approximate surface area is 95.8 Å². The molecule has 0 spiro atoms. The molecule has 1 aromatic rings. The monoisotopic (exact) mass is 219 g/mol. The lowest BCUT2D eigenvalue weighted by Crippen LogP contribution is -2.53. The molecule has 1 aliphatic rings. The van der Waals surface area contributed by atoms with Crippen molar-refractivity contribution in [3.63, 3.8) is 0 Å². The van der Waals surface area contributed by atoms with Crippen molar-refractivity contribution in [1.82, 2.24) is 0 Å². The van der Waals surface area contributed by atoms with Crippen LogP contribution in [-0.4, -0.2) is 18.6 Å². The summed E-state index contributed by atoms with van der Waals surface area (Å²) in [7, 11) is 1.42. The average molecular weight is 219 g/mol. The van der Waals surface area contributed by atoms with Crippen LogP contribution in [0.4, 0.5) is 5.69 Å². The van der Waals surface area contributed by atoms with Gasteiger partial charge in [-0.3, -0.25) is 0 Å². The largest absolute Gasteiger partial charge is 0.467 e. The molecule has 1 aromatic carbocycles. The molecule has 0 fully saturated rings. The van der Waals surface area contributed by atoms with Crippen LogP contribution in [0.1, 0.15) is 26.3 Å². The third-order valence-corrected chi connectivity index (χ3v) is 3.83. The number of rotatable bonds is 1. The van der Waals surface area contributed by atoms with Gasteiger partial charge < -0.3 is 10.1 Å². The van der Waals surface area contributed by atoms with Crippen molar-refractivity contribution in [3.05, 3.63) is 29.8 Å². The van der Waals surface area contributed by atoms with Crippen molar-refractivity contribution in [2.24, 2.45) is 0 Å². The molecule has 0 amide bonds. The third-order valence-electron chi connectivity index (χ3n) is 3.83. The number of nitrogens with one attached hydrogen (secondary N) is 1. The number of fused-ring (bicyclic) bond motifs is 1. The Morgan fingerprint density at radius 3 is 2.44 bits per heavy atom. The highest BCUT2D eigenvalue weighted by atomic mass is 16.5. The van der Waals surface area contributed by atoms with E-state index >= 15 is 0 Å². The molecule has 1 heterocycles. The highest BCUT2D eigenvalue weighted by Crippen LogP contribution is 2.47. The van der Waals surface area contributed by atoms with Crippen LogP contribution in [0.25, 0.3) is 0 Å². The summed E-state index contributed by atoms with van der Waals surface area (Å²) < 4.78 is 4.90. The minimum Gasteiger partial charge on any atom is -0.467 e. The molecule has 0 saturated carbocycles. The van der Waals surface area contributed by atoms with E-state index in [1.54, 1.807) is 0 Å². The number of carbonyl (C=O) groups is 1. The summed E-state index contributed by atoms with van der Waals surface area (Å²) in [5.41, 5.74) is 1.19. The van der Waals surface area contributed by atoms with E-state index in [4.69, 9.17) is 4.74 Å². The SMILES string of the molecule is COC(=O)C1(C)Nc2ccccc2C1(C)C. The number of methoxy groups -OCH3 is 1. The number of hydrogen-bond donors (Lipinski definition) is 1. The second-order valence-corrected chi connectivity index (χ2v) is 4.91. The van der Waals surface area contributed by atoms with E-state index in [1.165, 1.54) is 7.11 Å². The lowest BCUT2D eigenvalue weighted by molar-refractivity contribution is -0.147. The Bertz CT molecular complexity index is 439. The molecule has 3 nitrogen and oxygen atoms in total. The van der Waals surface area contributed by atoms with Crippen molar-refractivity contribution in [3.8, 4) is 0 Å². The number of anilines is 1. The first-order chi connectivity index (χ1) is 7.43. The van der Waals surface area contributed by atoms with Crippen LogP contribution < -0.4 is 5.32 Å². The predicted molar refractivity (Wildman–Crippen MR) is 63.5 cm³/mol. The highest BCUT2D eigenvalue weighted by molar-refractivity contribution is 5.90.